The summed E-state index contributed by atoms with van der Waals surface area (Å²) >= 11 is 0. The summed E-state index contributed by atoms with van der Waals surface area (Å²) < 4.78 is 4.33. The van der Waals surface area contributed by atoms with Gasteiger partial charge in [-0.2, -0.15) is 0 Å². The number of hydrogen-bond acceptors (Lipinski definition) is 6. The van der Waals surface area contributed by atoms with E-state index < -0.39 is 18.0 Å². The third-order valence-electron chi connectivity index (χ3n) is 1.65. The summed E-state index contributed by atoms with van der Waals surface area (Å²) in [5, 5.41) is 0. The Morgan fingerprint density at radius 3 is 2.27 bits per heavy atom. The van der Waals surface area contributed by atoms with Crippen molar-refractivity contribution < 1.29 is 14.3 Å². The van der Waals surface area contributed by atoms with E-state index in [9.17, 15) is 9.59 Å². The Labute approximate surface area is 132 Å². The van der Waals surface area contributed by atoms with E-state index in [1.54, 1.807) is 0 Å². The van der Waals surface area contributed by atoms with Crippen LogP contribution in [0.25, 0.3) is 0 Å². The van der Waals surface area contributed by atoms with Crippen LogP contribution in [0, 0.1) is 0 Å². The topological polar surface area (TPSA) is 121 Å². The number of ether oxygens (including phenoxy) is 1. The Balaban J connectivity index is 0. The first-order valence-electron chi connectivity index (χ1n) is 4.52. The van der Waals surface area contributed by atoms with Gasteiger partial charge in [0.2, 0.25) is 0 Å². The summed E-state index contributed by atoms with van der Waals surface area (Å²) in [6.45, 7) is 0.241. The molecule has 0 unspecified atom stereocenters. The molecule has 83 valence electrons. The van der Waals surface area contributed by atoms with E-state index in [1.807, 2.05) is 0 Å². The van der Waals surface area contributed by atoms with Crippen LogP contribution in [0.1, 0.15) is 19.3 Å². The Hall–Kier alpha value is 0.656. The number of carbonyl (C=O) groups is 2. The molecule has 0 spiro atoms. The first-order chi connectivity index (χ1) is 6.61. The van der Waals surface area contributed by atoms with E-state index in [0.717, 1.165) is 12.8 Å². The van der Waals surface area contributed by atoms with Gasteiger partial charge in [-0.25, -0.2) is 4.79 Å². The molecule has 0 aliphatic carbocycles. The predicted octanol–water partition coefficient (Wildman–Crippen LogP) is -1.91. The van der Waals surface area contributed by atoms with Gasteiger partial charge in [0.25, 0.3) is 0 Å². The number of esters is 2. The van der Waals surface area contributed by atoms with Gasteiger partial charge in [-0.05, 0) is 19.4 Å². The largest absolute Gasteiger partial charge is 0.391 e. The molecule has 0 aliphatic heterocycles. The Kier molecular flexibility index (Phi) is 13.4. The smallest absolute Gasteiger partial charge is 0.330 e. The number of nitrogens with two attached hydrogens (primary N) is 3. The standard InChI is InChI=1S/C8H17N3O3.K/c9-4-2-1-3-6(11)8(13)14-7(12)5-10;/h6H,1-5,9-11H2;/t6-;/m0./s1. The van der Waals surface area contributed by atoms with E-state index in [0.29, 0.717) is 13.0 Å². The van der Waals surface area contributed by atoms with Crippen molar-refractivity contribution >= 4 is 63.3 Å². The monoisotopic (exact) mass is 242 g/mol. The second kappa shape index (κ2) is 11.2. The Morgan fingerprint density at radius 2 is 1.80 bits per heavy atom. The van der Waals surface area contributed by atoms with E-state index in [1.165, 1.54) is 0 Å². The maximum Gasteiger partial charge on any atom is 0.330 e. The molecule has 1 atom stereocenters. The summed E-state index contributed by atoms with van der Waals surface area (Å²) in [4.78, 5) is 21.7. The quantitative estimate of drug-likeness (QED) is 0.216. The summed E-state index contributed by atoms with van der Waals surface area (Å²) in [5.74, 6) is -1.48. The Morgan fingerprint density at radius 1 is 1.20 bits per heavy atom. The third kappa shape index (κ3) is 9.58. The van der Waals surface area contributed by atoms with Crippen LogP contribution in [0.3, 0.4) is 0 Å². The maximum atomic E-state index is 11.1. The van der Waals surface area contributed by atoms with Crippen molar-refractivity contribution in [3.63, 3.8) is 0 Å². The molecule has 7 heteroatoms. The molecule has 0 saturated heterocycles. The van der Waals surface area contributed by atoms with Gasteiger partial charge in [0.15, 0.2) is 0 Å². The average molecular weight is 242 g/mol. The number of unbranched alkanes of at least 4 members (excludes halogenated alkanes) is 1. The molecule has 0 fully saturated rings. The minimum absolute atomic E-state index is 0. The van der Waals surface area contributed by atoms with Crippen molar-refractivity contribution in [2.45, 2.75) is 25.3 Å². The van der Waals surface area contributed by atoms with Crippen LogP contribution in [0.4, 0.5) is 0 Å². The van der Waals surface area contributed by atoms with Crippen molar-refractivity contribution in [2.24, 2.45) is 17.2 Å². The minimum atomic E-state index is -0.767. The van der Waals surface area contributed by atoms with Crippen molar-refractivity contribution in [3.05, 3.63) is 0 Å². The van der Waals surface area contributed by atoms with E-state index >= 15 is 0 Å². The molecular weight excluding hydrogens is 225 g/mol. The van der Waals surface area contributed by atoms with Gasteiger partial charge in [0.1, 0.15) is 6.04 Å². The molecule has 0 bridgehead atoms. The van der Waals surface area contributed by atoms with Gasteiger partial charge in [-0.15, -0.1) is 0 Å². The van der Waals surface area contributed by atoms with Crippen LogP contribution in [0.5, 0.6) is 0 Å². The fourth-order valence-corrected chi connectivity index (χ4v) is 0.856. The first kappa shape index (κ1) is 18.0. The molecular formula is C8H17KN3O3. The Bertz CT molecular complexity index is 202. The van der Waals surface area contributed by atoms with Crippen LogP contribution in [0.15, 0.2) is 0 Å². The molecule has 0 amide bonds. The molecule has 0 aromatic rings. The molecule has 0 rings (SSSR count). The molecule has 6 N–H and O–H groups in total. The second-order valence-corrected chi connectivity index (χ2v) is 2.89. The van der Waals surface area contributed by atoms with Crippen LogP contribution < -0.4 is 17.2 Å². The molecule has 6 nitrogen and oxygen atoms in total. The first-order valence-corrected chi connectivity index (χ1v) is 4.52. The molecule has 15 heavy (non-hydrogen) atoms. The van der Waals surface area contributed by atoms with Crippen LogP contribution >= 0.6 is 0 Å². The van der Waals surface area contributed by atoms with Crippen LogP contribution in [0.2, 0.25) is 0 Å². The van der Waals surface area contributed by atoms with E-state index in [4.69, 9.17) is 17.2 Å². The molecule has 0 aromatic carbocycles. The summed E-state index contributed by atoms with van der Waals surface area (Å²) in [5.41, 5.74) is 15.7. The van der Waals surface area contributed by atoms with Gasteiger partial charge >= 0.3 is 11.9 Å². The number of carbonyl (C=O) groups excluding carboxylic acids is 2. The molecule has 0 aromatic heterocycles. The van der Waals surface area contributed by atoms with Gasteiger partial charge in [-0.3, -0.25) is 4.79 Å². The summed E-state index contributed by atoms with van der Waals surface area (Å²) in [6.07, 6.45) is 2.00. The fraction of sp³-hybridized carbons (Fsp3) is 0.750. The summed E-state index contributed by atoms with van der Waals surface area (Å²) in [7, 11) is 0. The molecule has 0 heterocycles. The zero-order chi connectivity index (χ0) is 11.0. The fourth-order valence-electron chi connectivity index (χ4n) is 0.856. The minimum Gasteiger partial charge on any atom is -0.391 e. The zero-order valence-corrected chi connectivity index (χ0v) is 12.2. The predicted molar refractivity (Wildman–Crippen MR) is 56.8 cm³/mol. The second-order valence-electron chi connectivity index (χ2n) is 2.89. The third-order valence-corrected chi connectivity index (χ3v) is 1.65. The van der Waals surface area contributed by atoms with Gasteiger partial charge < -0.3 is 21.9 Å². The summed E-state index contributed by atoms with van der Waals surface area (Å²) in [6, 6.07) is -0.767. The van der Waals surface area contributed by atoms with Crippen molar-refractivity contribution in [2.75, 3.05) is 13.1 Å². The number of rotatable bonds is 6. The zero-order valence-electron chi connectivity index (χ0n) is 9.07. The van der Waals surface area contributed by atoms with Crippen molar-refractivity contribution in [3.8, 4) is 0 Å². The number of hydrogen-bond donors (Lipinski definition) is 3. The van der Waals surface area contributed by atoms with Gasteiger partial charge in [0.05, 0.1) is 6.54 Å². The van der Waals surface area contributed by atoms with E-state index in [-0.39, 0.29) is 57.9 Å². The maximum absolute atomic E-state index is 11.1. The molecule has 0 saturated carbocycles. The van der Waals surface area contributed by atoms with Crippen molar-refractivity contribution in [1.29, 1.82) is 0 Å². The molecule has 0 aliphatic rings. The average Bonchev–Trinajstić information content (AvgIpc) is 2.17. The van der Waals surface area contributed by atoms with Gasteiger partial charge in [-0.1, -0.05) is 6.42 Å². The van der Waals surface area contributed by atoms with Gasteiger partial charge in [0, 0.05) is 51.4 Å². The SMILES string of the molecule is NCCCC[C@H](N)C(=O)OC(=O)CN.[K]. The normalized spacial score (nSPS) is 11.4. The van der Waals surface area contributed by atoms with Crippen LogP contribution in [-0.4, -0.2) is 82.5 Å². The van der Waals surface area contributed by atoms with Crippen LogP contribution in [-0.2, 0) is 14.3 Å². The molecule has 1 radical (unpaired) electrons. The van der Waals surface area contributed by atoms with E-state index in [2.05, 4.69) is 4.74 Å². The van der Waals surface area contributed by atoms with Crippen molar-refractivity contribution in [1.82, 2.24) is 0 Å².